The fraction of sp³-hybridized carbons (Fsp3) is 0.273. The lowest BCUT2D eigenvalue weighted by atomic mass is 10.2. The predicted octanol–water partition coefficient (Wildman–Crippen LogP) is 10.6. The highest BCUT2D eigenvalue weighted by atomic mass is 127. The molecule has 7 nitrogen and oxygen atoms in total. The first kappa shape index (κ1) is 43.9. The molecule has 0 spiro atoms. The molecule has 10 heteroatoms. The van der Waals surface area contributed by atoms with Crippen molar-refractivity contribution >= 4 is 39.9 Å². The molecule has 4 rings (SSSR count). The molecule has 238 valence electrons. The number of para-hydroxylation sites is 3. The maximum atomic E-state index is 12.7. The second-order valence-corrected chi connectivity index (χ2v) is 9.41. The molecular formula is C33H44ClFINO6. The SMILES string of the molecule is C.C.C.COc1ccc(C)cc1Cl.COc1ccc(C)cc1F.COc1ccccc1I.COc1ccccc1[N+](=O)[O-]. The summed E-state index contributed by atoms with van der Waals surface area (Å²) in [6, 6.07) is 24.7. The number of methoxy groups -OCH3 is 4. The van der Waals surface area contributed by atoms with Gasteiger partial charge in [-0.05, 0) is 90.0 Å². The van der Waals surface area contributed by atoms with Crippen molar-refractivity contribution in [2.24, 2.45) is 0 Å². The minimum atomic E-state index is -0.473. The van der Waals surface area contributed by atoms with Gasteiger partial charge in [-0.1, -0.05) is 70.3 Å². The molecule has 0 radical (unpaired) electrons. The Kier molecular flexibility index (Phi) is 24.4. The number of nitrogens with zero attached hydrogens (tertiary/aromatic N) is 1. The van der Waals surface area contributed by atoms with Crippen LogP contribution in [0.25, 0.3) is 0 Å². The Morgan fingerprint density at radius 2 is 1.12 bits per heavy atom. The van der Waals surface area contributed by atoms with Gasteiger partial charge in [0, 0.05) is 6.07 Å². The van der Waals surface area contributed by atoms with Gasteiger partial charge in [-0.25, -0.2) is 4.39 Å². The van der Waals surface area contributed by atoms with Crippen molar-refractivity contribution in [2.75, 3.05) is 28.4 Å². The number of aryl methyl sites for hydroxylation is 2. The van der Waals surface area contributed by atoms with Crippen LogP contribution in [-0.2, 0) is 0 Å². The summed E-state index contributed by atoms with van der Waals surface area (Å²) in [4.78, 5) is 9.83. The first-order chi connectivity index (χ1) is 19.1. The number of nitro groups is 1. The van der Waals surface area contributed by atoms with Crippen LogP contribution in [0.1, 0.15) is 33.4 Å². The summed E-state index contributed by atoms with van der Waals surface area (Å²) >= 11 is 8.04. The zero-order chi connectivity index (χ0) is 30.1. The summed E-state index contributed by atoms with van der Waals surface area (Å²) in [7, 11) is 6.14. The fourth-order valence-corrected chi connectivity index (χ4v) is 3.85. The Morgan fingerprint density at radius 3 is 1.51 bits per heavy atom. The molecule has 0 aliphatic carbocycles. The molecule has 4 aromatic rings. The smallest absolute Gasteiger partial charge is 0.310 e. The monoisotopic (exact) mass is 731 g/mol. The minimum absolute atomic E-state index is 0. The Morgan fingerprint density at radius 1 is 0.674 bits per heavy atom. The van der Waals surface area contributed by atoms with Crippen molar-refractivity contribution in [1.82, 2.24) is 0 Å². The van der Waals surface area contributed by atoms with Gasteiger partial charge in [-0.2, -0.15) is 0 Å². The number of hydrogen-bond donors (Lipinski definition) is 0. The van der Waals surface area contributed by atoms with Crippen LogP contribution in [0.4, 0.5) is 10.1 Å². The maximum Gasteiger partial charge on any atom is 0.310 e. The van der Waals surface area contributed by atoms with Gasteiger partial charge in [-0.3, -0.25) is 10.1 Å². The van der Waals surface area contributed by atoms with Crippen molar-refractivity contribution < 1.29 is 28.3 Å². The van der Waals surface area contributed by atoms with Gasteiger partial charge in [0.25, 0.3) is 0 Å². The summed E-state index contributed by atoms with van der Waals surface area (Å²) in [6.45, 7) is 3.83. The van der Waals surface area contributed by atoms with Crippen molar-refractivity contribution in [3.05, 3.63) is 121 Å². The molecule has 0 aliphatic heterocycles. The van der Waals surface area contributed by atoms with Crippen LogP contribution in [0, 0.1) is 33.3 Å². The highest BCUT2D eigenvalue weighted by Crippen LogP contribution is 2.25. The third-order valence-corrected chi connectivity index (χ3v) is 6.14. The molecule has 0 fully saturated rings. The summed E-state index contributed by atoms with van der Waals surface area (Å²) in [5.41, 5.74) is 2.04. The Balaban J connectivity index is -0.000000486. The average molecular weight is 732 g/mol. The largest absolute Gasteiger partial charge is 0.496 e. The maximum absolute atomic E-state index is 12.7. The molecule has 0 aliphatic rings. The van der Waals surface area contributed by atoms with Gasteiger partial charge < -0.3 is 18.9 Å². The molecule has 0 amide bonds. The van der Waals surface area contributed by atoms with Crippen molar-refractivity contribution in [1.29, 1.82) is 0 Å². The molecule has 0 saturated heterocycles. The lowest BCUT2D eigenvalue weighted by molar-refractivity contribution is -0.385. The Bertz CT molecular complexity index is 1310. The lowest BCUT2D eigenvalue weighted by Crippen LogP contribution is -1.92. The summed E-state index contributed by atoms with van der Waals surface area (Å²) in [5.74, 6) is 1.95. The van der Waals surface area contributed by atoms with E-state index in [-0.39, 0.29) is 39.5 Å². The third-order valence-electron chi connectivity index (χ3n) is 4.95. The van der Waals surface area contributed by atoms with Crippen LogP contribution in [0.5, 0.6) is 23.0 Å². The summed E-state index contributed by atoms with van der Waals surface area (Å²) in [5, 5.41) is 11.0. The highest BCUT2D eigenvalue weighted by Gasteiger charge is 2.11. The highest BCUT2D eigenvalue weighted by molar-refractivity contribution is 14.1. The second-order valence-electron chi connectivity index (χ2n) is 7.84. The van der Waals surface area contributed by atoms with Crippen LogP contribution in [-0.4, -0.2) is 33.4 Å². The van der Waals surface area contributed by atoms with E-state index in [9.17, 15) is 14.5 Å². The van der Waals surface area contributed by atoms with E-state index in [2.05, 4.69) is 22.6 Å². The number of nitro benzene ring substituents is 1. The molecule has 0 N–H and O–H groups in total. The third kappa shape index (κ3) is 16.0. The lowest BCUT2D eigenvalue weighted by Gasteiger charge is -2.01. The molecule has 0 atom stereocenters. The minimum Gasteiger partial charge on any atom is -0.496 e. The fourth-order valence-electron chi connectivity index (χ4n) is 2.93. The standard InChI is InChI=1S/C8H9ClO.C8H9FO.C7H7IO.C7H7NO3.3CH4/c2*1-6-3-4-8(10-2)7(9)5-6;1-9-7-5-3-2-4-6(7)8;1-11-7-5-3-2-4-6(7)8(9)10;;;/h2*3-5H,1-2H3;2-5H,1H3;2-5H,1H3;3*1H4. The Hall–Kier alpha value is -3.57. The van der Waals surface area contributed by atoms with E-state index >= 15 is 0 Å². The van der Waals surface area contributed by atoms with E-state index in [4.69, 9.17) is 30.5 Å². The quantitative estimate of drug-likeness (QED) is 0.115. The van der Waals surface area contributed by atoms with Crippen LogP contribution >= 0.6 is 34.2 Å². The molecule has 4 aromatic carbocycles. The van der Waals surface area contributed by atoms with Crippen LogP contribution in [0.15, 0.2) is 84.9 Å². The van der Waals surface area contributed by atoms with Crippen LogP contribution < -0.4 is 18.9 Å². The van der Waals surface area contributed by atoms with Crippen LogP contribution in [0.2, 0.25) is 5.02 Å². The van der Waals surface area contributed by atoms with E-state index in [1.807, 2.05) is 62.4 Å². The van der Waals surface area contributed by atoms with Gasteiger partial charge in [-0.15, -0.1) is 0 Å². The van der Waals surface area contributed by atoms with Gasteiger partial charge >= 0.3 is 5.69 Å². The summed E-state index contributed by atoms with van der Waals surface area (Å²) in [6.07, 6.45) is 0. The first-order valence-corrected chi connectivity index (χ1v) is 13.2. The molecule has 0 saturated carbocycles. The van der Waals surface area contributed by atoms with E-state index in [0.717, 1.165) is 26.2 Å². The number of benzene rings is 4. The molecule has 43 heavy (non-hydrogen) atoms. The zero-order valence-electron chi connectivity index (χ0n) is 23.1. The number of ether oxygens (including phenoxy) is 4. The van der Waals surface area contributed by atoms with Gasteiger partial charge in [0.2, 0.25) is 0 Å². The number of rotatable bonds is 5. The van der Waals surface area contributed by atoms with Crippen molar-refractivity contribution in [3.8, 4) is 23.0 Å². The molecule has 0 bridgehead atoms. The Labute approximate surface area is 275 Å². The van der Waals surface area contributed by atoms with Crippen molar-refractivity contribution in [3.63, 3.8) is 0 Å². The number of hydrogen-bond acceptors (Lipinski definition) is 6. The zero-order valence-corrected chi connectivity index (χ0v) is 26.0. The van der Waals surface area contributed by atoms with E-state index in [0.29, 0.717) is 10.8 Å². The predicted molar refractivity (Wildman–Crippen MR) is 186 cm³/mol. The van der Waals surface area contributed by atoms with Crippen molar-refractivity contribution in [2.45, 2.75) is 36.1 Å². The summed E-state index contributed by atoms with van der Waals surface area (Å²) < 4.78 is 33.4. The topological polar surface area (TPSA) is 80.1 Å². The molecular weight excluding hydrogens is 688 g/mol. The average Bonchev–Trinajstić information content (AvgIpc) is 2.94. The van der Waals surface area contributed by atoms with Crippen LogP contribution in [0.3, 0.4) is 0 Å². The van der Waals surface area contributed by atoms with Gasteiger partial charge in [0.05, 0.1) is 42.0 Å². The van der Waals surface area contributed by atoms with Gasteiger partial charge in [0.1, 0.15) is 11.5 Å². The van der Waals surface area contributed by atoms with E-state index < -0.39 is 4.92 Å². The molecule has 0 heterocycles. The molecule has 0 aromatic heterocycles. The van der Waals surface area contributed by atoms with E-state index in [1.165, 1.54) is 26.4 Å². The number of halogens is 3. The normalized spacial score (nSPS) is 8.67. The first-order valence-electron chi connectivity index (χ1n) is 11.7. The van der Waals surface area contributed by atoms with E-state index in [1.54, 1.807) is 38.5 Å². The molecule has 0 unspecified atom stereocenters. The second kappa shape index (κ2) is 23.9. The van der Waals surface area contributed by atoms with Gasteiger partial charge in [0.15, 0.2) is 17.3 Å².